The Hall–Kier alpha value is -1.10. The molecule has 0 aromatic carbocycles. The fourth-order valence-electron chi connectivity index (χ4n) is 2.22. The molecule has 2 aliphatic carbocycles. The van der Waals surface area contributed by atoms with Gasteiger partial charge in [0.25, 0.3) is 0 Å². The quantitative estimate of drug-likeness (QED) is 0.720. The van der Waals surface area contributed by atoms with Gasteiger partial charge in [0.2, 0.25) is 0 Å². The number of aryl methyl sites for hydroxylation is 1. The number of anilines is 1. The molecule has 0 amide bonds. The van der Waals surface area contributed by atoms with E-state index in [4.69, 9.17) is 4.98 Å². The van der Waals surface area contributed by atoms with Crippen LogP contribution < -0.4 is 4.90 Å². The SMILES string of the molecule is COC(=O)CCc1csc(N(CC2CC2)C2CC2)n1. The lowest BCUT2D eigenvalue weighted by Gasteiger charge is -2.21. The Balaban J connectivity index is 1.60. The van der Waals surface area contributed by atoms with Crippen molar-refractivity contribution in [2.24, 2.45) is 5.92 Å². The lowest BCUT2D eigenvalue weighted by Crippen LogP contribution is -2.27. The molecule has 0 saturated heterocycles. The zero-order chi connectivity index (χ0) is 13.2. The van der Waals surface area contributed by atoms with Crippen LogP contribution in [0.15, 0.2) is 5.38 Å². The molecule has 0 unspecified atom stereocenters. The maximum Gasteiger partial charge on any atom is 0.305 e. The number of ether oxygens (including phenoxy) is 1. The molecule has 2 fully saturated rings. The van der Waals surface area contributed by atoms with E-state index in [1.807, 2.05) is 0 Å². The molecule has 0 aliphatic heterocycles. The third-order valence-corrected chi connectivity index (χ3v) is 4.66. The lowest BCUT2D eigenvalue weighted by molar-refractivity contribution is -0.140. The molecule has 0 bridgehead atoms. The van der Waals surface area contributed by atoms with Crippen LogP contribution in [-0.4, -0.2) is 30.6 Å². The maximum atomic E-state index is 11.1. The molecule has 19 heavy (non-hydrogen) atoms. The molecule has 4 nitrogen and oxygen atoms in total. The van der Waals surface area contributed by atoms with Crippen molar-refractivity contribution in [3.05, 3.63) is 11.1 Å². The largest absolute Gasteiger partial charge is 0.469 e. The van der Waals surface area contributed by atoms with Crippen molar-refractivity contribution in [1.82, 2.24) is 4.98 Å². The first-order chi connectivity index (χ1) is 9.26. The normalized spacial score (nSPS) is 18.4. The first-order valence-corrected chi connectivity index (χ1v) is 7.92. The van der Waals surface area contributed by atoms with Crippen molar-refractivity contribution in [3.8, 4) is 0 Å². The number of rotatable bonds is 7. The van der Waals surface area contributed by atoms with Gasteiger partial charge in [-0.3, -0.25) is 4.79 Å². The summed E-state index contributed by atoms with van der Waals surface area (Å²) in [5.41, 5.74) is 1.02. The van der Waals surface area contributed by atoms with Crippen LogP contribution >= 0.6 is 11.3 Å². The molecule has 1 aromatic rings. The fraction of sp³-hybridized carbons (Fsp3) is 0.714. The molecule has 0 radical (unpaired) electrons. The van der Waals surface area contributed by atoms with E-state index >= 15 is 0 Å². The van der Waals surface area contributed by atoms with Crippen molar-refractivity contribution >= 4 is 22.4 Å². The number of carbonyl (C=O) groups is 1. The first kappa shape index (κ1) is 12.9. The van der Waals surface area contributed by atoms with Crippen LogP contribution in [0.2, 0.25) is 0 Å². The lowest BCUT2D eigenvalue weighted by atomic mass is 10.2. The number of carbonyl (C=O) groups excluding carboxylic acids is 1. The van der Waals surface area contributed by atoms with Crippen molar-refractivity contribution in [2.75, 3.05) is 18.6 Å². The van der Waals surface area contributed by atoms with Crippen molar-refractivity contribution in [2.45, 2.75) is 44.6 Å². The zero-order valence-electron chi connectivity index (χ0n) is 11.3. The van der Waals surface area contributed by atoms with Gasteiger partial charge < -0.3 is 9.64 Å². The van der Waals surface area contributed by atoms with Crippen LogP contribution in [0, 0.1) is 5.92 Å². The van der Waals surface area contributed by atoms with Gasteiger partial charge in [0.15, 0.2) is 5.13 Å². The Kier molecular flexibility index (Phi) is 3.73. The molecular formula is C14H20N2O2S. The summed E-state index contributed by atoms with van der Waals surface area (Å²) in [6.07, 6.45) is 6.48. The predicted octanol–water partition coefficient (Wildman–Crippen LogP) is 2.63. The molecule has 104 valence electrons. The van der Waals surface area contributed by atoms with Crippen LogP contribution in [0.5, 0.6) is 0 Å². The number of hydrogen-bond acceptors (Lipinski definition) is 5. The van der Waals surface area contributed by atoms with E-state index in [1.165, 1.54) is 39.3 Å². The smallest absolute Gasteiger partial charge is 0.305 e. The summed E-state index contributed by atoms with van der Waals surface area (Å²) in [6, 6.07) is 0.722. The summed E-state index contributed by atoms with van der Waals surface area (Å²) < 4.78 is 4.66. The predicted molar refractivity (Wildman–Crippen MR) is 75.5 cm³/mol. The second kappa shape index (κ2) is 5.49. The van der Waals surface area contributed by atoms with Gasteiger partial charge >= 0.3 is 5.97 Å². The number of methoxy groups -OCH3 is 1. The Morgan fingerprint density at radius 3 is 2.89 bits per heavy atom. The van der Waals surface area contributed by atoms with Gasteiger partial charge in [-0.2, -0.15) is 0 Å². The molecule has 2 saturated carbocycles. The summed E-state index contributed by atoms with van der Waals surface area (Å²) in [7, 11) is 1.43. The average molecular weight is 280 g/mol. The Labute approximate surface area is 117 Å². The molecule has 5 heteroatoms. The minimum absolute atomic E-state index is 0.161. The van der Waals surface area contributed by atoms with Crippen LogP contribution in [0.25, 0.3) is 0 Å². The third-order valence-electron chi connectivity index (χ3n) is 3.74. The van der Waals surface area contributed by atoms with Gasteiger partial charge in [0, 0.05) is 24.4 Å². The highest BCUT2D eigenvalue weighted by atomic mass is 32.1. The topological polar surface area (TPSA) is 42.4 Å². The minimum atomic E-state index is -0.161. The van der Waals surface area contributed by atoms with E-state index in [0.29, 0.717) is 12.8 Å². The second-order valence-corrected chi connectivity index (χ2v) is 6.36. The Morgan fingerprint density at radius 2 is 2.26 bits per heavy atom. The number of thiazole rings is 1. The van der Waals surface area contributed by atoms with Gasteiger partial charge in [-0.25, -0.2) is 4.98 Å². The monoisotopic (exact) mass is 280 g/mol. The fourth-order valence-corrected chi connectivity index (χ4v) is 3.16. The Morgan fingerprint density at radius 1 is 1.47 bits per heavy atom. The summed E-state index contributed by atoms with van der Waals surface area (Å²) >= 11 is 1.72. The second-order valence-electron chi connectivity index (χ2n) is 5.52. The highest BCUT2D eigenvalue weighted by Gasteiger charge is 2.35. The zero-order valence-corrected chi connectivity index (χ0v) is 12.1. The molecule has 3 rings (SSSR count). The molecule has 1 aromatic heterocycles. The van der Waals surface area contributed by atoms with Crippen LogP contribution in [-0.2, 0) is 16.0 Å². The highest BCUT2D eigenvalue weighted by molar-refractivity contribution is 7.13. The summed E-state index contributed by atoms with van der Waals surface area (Å²) in [5, 5.41) is 3.23. The minimum Gasteiger partial charge on any atom is -0.469 e. The highest BCUT2D eigenvalue weighted by Crippen LogP contribution is 2.38. The summed E-state index contributed by atoms with van der Waals surface area (Å²) in [6.45, 7) is 1.18. The first-order valence-electron chi connectivity index (χ1n) is 7.04. The van der Waals surface area contributed by atoms with E-state index in [1.54, 1.807) is 11.3 Å². The van der Waals surface area contributed by atoms with Gasteiger partial charge in [-0.05, 0) is 31.6 Å². The van der Waals surface area contributed by atoms with Crippen LogP contribution in [0.3, 0.4) is 0 Å². The molecule has 0 spiro atoms. The van der Waals surface area contributed by atoms with E-state index in [-0.39, 0.29) is 5.97 Å². The number of nitrogens with zero attached hydrogens (tertiary/aromatic N) is 2. The molecule has 2 aliphatic rings. The van der Waals surface area contributed by atoms with E-state index < -0.39 is 0 Å². The number of hydrogen-bond donors (Lipinski definition) is 0. The molecule has 1 heterocycles. The number of aromatic nitrogens is 1. The third kappa shape index (κ3) is 3.47. The Bertz CT molecular complexity index is 452. The van der Waals surface area contributed by atoms with Crippen molar-refractivity contribution in [1.29, 1.82) is 0 Å². The van der Waals surface area contributed by atoms with Crippen molar-refractivity contribution < 1.29 is 9.53 Å². The summed E-state index contributed by atoms with van der Waals surface area (Å²) in [5.74, 6) is 0.731. The average Bonchev–Trinajstić information content (AvgIpc) is 3.32. The maximum absolute atomic E-state index is 11.1. The van der Waals surface area contributed by atoms with Crippen molar-refractivity contribution in [3.63, 3.8) is 0 Å². The van der Waals surface area contributed by atoms with Gasteiger partial charge in [0.1, 0.15) is 0 Å². The molecular weight excluding hydrogens is 260 g/mol. The molecule has 0 atom stereocenters. The molecule has 0 N–H and O–H groups in total. The van der Waals surface area contributed by atoms with Gasteiger partial charge in [-0.15, -0.1) is 11.3 Å². The number of esters is 1. The van der Waals surface area contributed by atoms with Crippen LogP contribution in [0.4, 0.5) is 5.13 Å². The van der Waals surface area contributed by atoms with E-state index in [0.717, 1.165) is 22.8 Å². The standard InChI is InChI=1S/C14H20N2O2S/c1-18-13(17)7-4-11-9-19-14(15-11)16(12-5-6-12)8-10-2-3-10/h9-10,12H,2-8H2,1H3. The van der Waals surface area contributed by atoms with Gasteiger partial charge in [0.05, 0.1) is 19.2 Å². The summed E-state index contributed by atoms with van der Waals surface area (Å²) in [4.78, 5) is 18.3. The van der Waals surface area contributed by atoms with E-state index in [9.17, 15) is 4.79 Å². The van der Waals surface area contributed by atoms with Crippen LogP contribution in [0.1, 0.15) is 37.8 Å². The van der Waals surface area contributed by atoms with Gasteiger partial charge in [-0.1, -0.05) is 0 Å². The van der Waals surface area contributed by atoms with E-state index in [2.05, 4.69) is 15.0 Å².